The SMILES string of the molecule is CC(=O)Nc1ccc(Cl)c(NCc2cc(C#N)ccc2F)c1. The third-order valence-corrected chi connectivity index (χ3v) is 3.26. The van der Waals surface area contributed by atoms with E-state index in [-0.39, 0.29) is 12.5 Å². The number of hydrogen-bond acceptors (Lipinski definition) is 3. The molecular formula is C16H13ClFN3O. The van der Waals surface area contributed by atoms with Gasteiger partial charge in [-0.25, -0.2) is 4.39 Å². The largest absolute Gasteiger partial charge is 0.380 e. The van der Waals surface area contributed by atoms with Crippen LogP contribution in [0, 0.1) is 17.1 Å². The van der Waals surface area contributed by atoms with Gasteiger partial charge in [0, 0.05) is 24.7 Å². The third-order valence-electron chi connectivity index (χ3n) is 2.93. The molecule has 1 amide bonds. The highest BCUT2D eigenvalue weighted by atomic mass is 35.5. The summed E-state index contributed by atoms with van der Waals surface area (Å²) in [5.41, 5.74) is 1.90. The van der Waals surface area contributed by atoms with Crippen molar-refractivity contribution in [3.05, 3.63) is 58.4 Å². The average molecular weight is 318 g/mol. The second-order valence-electron chi connectivity index (χ2n) is 4.65. The number of carbonyl (C=O) groups excluding carboxylic acids is 1. The maximum absolute atomic E-state index is 13.7. The van der Waals surface area contributed by atoms with E-state index in [9.17, 15) is 9.18 Å². The van der Waals surface area contributed by atoms with E-state index < -0.39 is 5.82 Å². The molecular weight excluding hydrogens is 305 g/mol. The highest BCUT2D eigenvalue weighted by Gasteiger charge is 2.07. The van der Waals surface area contributed by atoms with Crippen LogP contribution in [0.5, 0.6) is 0 Å². The molecule has 0 saturated carbocycles. The van der Waals surface area contributed by atoms with Gasteiger partial charge in [-0.15, -0.1) is 0 Å². The summed E-state index contributed by atoms with van der Waals surface area (Å²) in [5.74, 6) is -0.596. The van der Waals surface area contributed by atoms with Gasteiger partial charge in [0.1, 0.15) is 5.82 Å². The van der Waals surface area contributed by atoms with Gasteiger partial charge in [-0.05, 0) is 36.4 Å². The van der Waals surface area contributed by atoms with Gasteiger partial charge in [0.25, 0.3) is 0 Å². The predicted octanol–water partition coefficient (Wildman–Crippen LogP) is 3.92. The maximum atomic E-state index is 13.7. The monoisotopic (exact) mass is 317 g/mol. The number of benzene rings is 2. The molecule has 112 valence electrons. The fourth-order valence-electron chi connectivity index (χ4n) is 1.91. The van der Waals surface area contributed by atoms with E-state index in [2.05, 4.69) is 10.6 Å². The maximum Gasteiger partial charge on any atom is 0.221 e. The van der Waals surface area contributed by atoms with Crippen LogP contribution in [0.4, 0.5) is 15.8 Å². The Balaban J connectivity index is 2.18. The van der Waals surface area contributed by atoms with Crippen LogP contribution in [0.1, 0.15) is 18.1 Å². The second-order valence-corrected chi connectivity index (χ2v) is 5.05. The lowest BCUT2D eigenvalue weighted by Gasteiger charge is -2.11. The zero-order valence-electron chi connectivity index (χ0n) is 11.8. The summed E-state index contributed by atoms with van der Waals surface area (Å²) in [7, 11) is 0. The smallest absolute Gasteiger partial charge is 0.221 e. The van der Waals surface area contributed by atoms with Gasteiger partial charge in [0.2, 0.25) is 5.91 Å². The van der Waals surface area contributed by atoms with E-state index in [0.717, 1.165) is 0 Å². The van der Waals surface area contributed by atoms with Crippen LogP contribution in [-0.4, -0.2) is 5.91 Å². The van der Waals surface area contributed by atoms with E-state index >= 15 is 0 Å². The van der Waals surface area contributed by atoms with Crippen LogP contribution < -0.4 is 10.6 Å². The number of nitrogens with zero attached hydrogens (tertiary/aromatic N) is 1. The fourth-order valence-corrected chi connectivity index (χ4v) is 2.10. The molecule has 2 rings (SSSR count). The van der Waals surface area contributed by atoms with E-state index in [4.69, 9.17) is 16.9 Å². The van der Waals surface area contributed by atoms with Crippen molar-refractivity contribution in [3.63, 3.8) is 0 Å². The van der Waals surface area contributed by atoms with Crippen molar-refractivity contribution < 1.29 is 9.18 Å². The Morgan fingerprint density at radius 2 is 2.09 bits per heavy atom. The molecule has 2 aromatic carbocycles. The van der Waals surface area contributed by atoms with Gasteiger partial charge in [-0.1, -0.05) is 11.6 Å². The van der Waals surface area contributed by atoms with Gasteiger partial charge < -0.3 is 10.6 Å². The molecule has 0 aliphatic carbocycles. The van der Waals surface area contributed by atoms with Crippen LogP contribution in [0.25, 0.3) is 0 Å². The predicted molar refractivity (Wildman–Crippen MR) is 84.2 cm³/mol. The first-order valence-corrected chi connectivity index (χ1v) is 6.87. The first-order chi connectivity index (χ1) is 10.5. The van der Waals surface area contributed by atoms with Crippen LogP contribution in [0.2, 0.25) is 5.02 Å². The Labute approximate surface area is 132 Å². The van der Waals surface area contributed by atoms with E-state index in [1.807, 2.05) is 6.07 Å². The summed E-state index contributed by atoms with van der Waals surface area (Å²) in [6.07, 6.45) is 0. The summed E-state index contributed by atoms with van der Waals surface area (Å²) in [4.78, 5) is 11.1. The van der Waals surface area contributed by atoms with Gasteiger partial charge in [-0.3, -0.25) is 4.79 Å². The van der Waals surface area contributed by atoms with Crippen molar-refractivity contribution in [2.24, 2.45) is 0 Å². The molecule has 0 saturated heterocycles. The molecule has 2 aromatic rings. The van der Waals surface area contributed by atoms with E-state index in [1.165, 1.54) is 25.1 Å². The number of halogens is 2. The lowest BCUT2D eigenvalue weighted by atomic mass is 10.1. The molecule has 4 nitrogen and oxygen atoms in total. The zero-order valence-corrected chi connectivity index (χ0v) is 12.5. The van der Waals surface area contributed by atoms with Crippen molar-refractivity contribution in [1.29, 1.82) is 5.26 Å². The quantitative estimate of drug-likeness (QED) is 0.898. The number of rotatable bonds is 4. The Bertz CT molecular complexity index is 756. The number of nitriles is 1. The molecule has 0 aliphatic rings. The second kappa shape index (κ2) is 6.92. The van der Waals surface area contributed by atoms with Crippen LogP contribution >= 0.6 is 11.6 Å². The van der Waals surface area contributed by atoms with Gasteiger partial charge >= 0.3 is 0 Å². The van der Waals surface area contributed by atoms with Crippen LogP contribution in [-0.2, 0) is 11.3 Å². The molecule has 0 heterocycles. The van der Waals surface area contributed by atoms with E-state index in [1.54, 1.807) is 18.2 Å². The number of anilines is 2. The normalized spacial score (nSPS) is 9.91. The Kier molecular flexibility index (Phi) is 4.97. The highest BCUT2D eigenvalue weighted by molar-refractivity contribution is 6.33. The first kappa shape index (κ1) is 15.8. The molecule has 0 bridgehead atoms. The molecule has 0 aromatic heterocycles. The summed E-state index contributed by atoms with van der Waals surface area (Å²) < 4.78 is 13.7. The summed E-state index contributed by atoms with van der Waals surface area (Å²) in [6.45, 7) is 1.58. The standard InChI is InChI=1S/C16H13ClFN3O/c1-10(22)21-13-3-4-14(17)16(7-13)20-9-12-6-11(8-19)2-5-15(12)18/h2-7,20H,9H2,1H3,(H,21,22). The minimum Gasteiger partial charge on any atom is -0.380 e. The topological polar surface area (TPSA) is 64.9 Å². The zero-order chi connectivity index (χ0) is 16.1. The number of amides is 1. The van der Waals surface area contributed by atoms with Crippen molar-refractivity contribution in [3.8, 4) is 6.07 Å². The number of nitrogens with one attached hydrogen (secondary N) is 2. The Hall–Kier alpha value is -2.58. The number of carbonyl (C=O) groups is 1. The van der Waals surface area contributed by atoms with Crippen molar-refractivity contribution in [2.75, 3.05) is 10.6 Å². The summed E-state index contributed by atoms with van der Waals surface area (Å²) in [5, 5.41) is 14.9. The van der Waals surface area contributed by atoms with E-state index in [0.29, 0.717) is 27.5 Å². The molecule has 0 fully saturated rings. The van der Waals surface area contributed by atoms with Crippen LogP contribution in [0.3, 0.4) is 0 Å². The Morgan fingerprint density at radius 3 is 2.77 bits per heavy atom. The highest BCUT2D eigenvalue weighted by Crippen LogP contribution is 2.26. The van der Waals surface area contributed by atoms with Crippen molar-refractivity contribution in [1.82, 2.24) is 0 Å². The minimum atomic E-state index is -0.402. The molecule has 0 spiro atoms. The molecule has 22 heavy (non-hydrogen) atoms. The van der Waals surface area contributed by atoms with Crippen molar-refractivity contribution in [2.45, 2.75) is 13.5 Å². The summed E-state index contributed by atoms with van der Waals surface area (Å²) >= 11 is 6.08. The van der Waals surface area contributed by atoms with Gasteiger partial charge in [0.15, 0.2) is 0 Å². The first-order valence-electron chi connectivity index (χ1n) is 6.49. The minimum absolute atomic E-state index is 0.171. The lowest BCUT2D eigenvalue weighted by molar-refractivity contribution is -0.114. The molecule has 0 radical (unpaired) electrons. The fraction of sp³-hybridized carbons (Fsp3) is 0.125. The third kappa shape index (κ3) is 3.96. The van der Waals surface area contributed by atoms with Crippen molar-refractivity contribution >= 4 is 28.9 Å². The molecule has 0 unspecified atom stereocenters. The molecule has 6 heteroatoms. The lowest BCUT2D eigenvalue weighted by Crippen LogP contribution is -2.07. The Morgan fingerprint density at radius 1 is 1.32 bits per heavy atom. The van der Waals surface area contributed by atoms with Gasteiger partial charge in [0.05, 0.1) is 22.3 Å². The molecule has 0 aliphatic heterocycles. The van der Waals surface area contributed by atoms with Gasteiger partial charge in [-0.2, -0.15) is 5.26 Å². The van der Waals surface area contributed by atoms with Crippen LogP contribution in [0.15, 0.2) is 36.4 Å². The number of hydrogen-bond donors (Lipinski definition) is 2. The molecule has 0 atom stereocenters. The summed E-state index contributed by atoms with van der Waals surface area (Å²) in [6, 6.07) is 11.1. The molecule has 2 N–H and O–H groups in total. The average Bonchev–Trinajstić information content (AvgIpc) is 2.48.